The van der Waals surface area contributed by atoms with E-state index in [1.807, 2.05) is 6.92 Å². The molecule has 22 heavy (non-hydrogen) atoms. The van der Waals surface area contributed by atoms with Crippen molar-refractivity contribution in [1.29, 1.82) is 0 Å². The van der Waals surface area contributed by atoms with Crippen LogP contribution < -0.4 is 0 Å². The van der Waals surface area contributed by atoms with Gasteiger partial charge in [-0.1, -0.05) is 5.21 Å². The van der Waals surface area contributed by atoms with Crippen molar-refractivity contribution in [2.45, 2.75) is 25.8 Å². The van der Waals surface area contributed by atoms with E-state index in [1.165, 1.54) is 10.9 Å². The maximum absolute atomic E-state index is 12.4. The number of hydrogen-bond donors (Lipinski definition) is 2. The molecule has 3 rings (SSSR count). The molecular weight excluding hydrogens is 288 g/mol. The molecular formula is C13H16N6O3. The highest BCUT2D eigenvalue weighted by molar-refractivity contribution is 5.92. The van der Waals surface area contributed by atoms with Crippen LogP contribution in [-0.4, -0.2) is 60.2 Å². The monoisotopic (exact) mass is 304 g/mol. The second-order valence-electron chi connectivity index (χ2n) is 5.37. The lowest BCUT2D eigenvalue weighted by molar-refractivity contribution is 0.0661. The van der Waals surface area contributed by atoms with Gasteiger partial charge in [-0.15, -0.1) is 5.10 Å². The lowest BCUT2D eigenvalue weighted by Crippen LogP contribution is -2.41. The van der Waals surface area contributed by atoms with Crippen molar-refractivity contribution < 1.29 is 14.7 Å². The molecule has 2 aromatic rings. The Morgan fingerprint density at radius 1 is 1.41 bits per heavy atom. The van der Waals surface area contributed by atoms with E-state index in [1.54, 1.807) is 11.0 Å². The Balaban J connectivity index is 1.73. The quantitative estimate of drug-likeness (QED) is 0.852. The summed E-state index contributed by atoms with van der Waals surface area (Å²) >= 11 is 0. The summed E-state index contributed by atoms with van der Waals surface area (Å²) in [5.41, 5.74) is 1.13. The largest absolute Gasteiger partial charge is 0.476 e. The van der Waals surface area contributed by atoms with Crippen molar-refractivity contribution in [3.8, 4) is 0 Å². The summed E-state index contributed by atoms with van der Waals surface area (Å²) in [6.45, 7) is 2.96. The normalized spacial score (nSPS) is 18.4. The number of nitrogens with one attached hydrogen (secondary N) is 1. The maximum Gasteiger partial charge on any atom is 0.358 e. The third-order valence-corrected chi connectivity index (χ3v) is 3.71. The van der Waals surface area contributed by atoms with E-state index in [0.717, 1.165) is 18.5 Å². The molecule has 116 valence electrons. The minimum absolute atomic E-state index is 0.0710. The molecule has 1 aliphatic rings. The Bertz CT molecular complexity index is 706. The first-order chi connectivity index (χ1) is 10.5. The Kier molecular flexibility index (Phi) is 3.61. The van der Waals surface area contributed by atoms with Crippen molar-refractivity contribution in [3.63, 3.8) is 0 Å². The molecule has 1 unspecified atom stereocenters. The summed E-state index contributed by atoms with van der Waals surface area (Å²) in [7, 11) is 0. The number of amides is 1. The Labute approximate surface area is 125 Å². The topological polar surface area (TPSA) is 117 Å². The maximum atomic E-state index is 12.4. The molecule has 1 aliphatic heterocycles. The fourth-order valence-corrected chi connectivity index (χ4v) is 2.60. The van der Waals surface area contributed by atoms with E-state index in [4.69, 9.17) is 5.11 Å². The summed E-state index contributed by atoms with van der Waals surface area (Å²) in [6.07, 6.45) is 3.05. The molecule has 1 atom stereocenters. The molecule has 0 radical (unpaired) electrons. The van der Waals surface area contributed by atoms with E-state index in [2.05, 4.69) is 20.5 Å². The number of aromatic nitrogens is 5. The van der Waals surface area contributed by atoms with E-state index in [9.17, 15) is 9.59 Å². The molecule has 9 nitrogen and oxygen atoms in total. The van der Waals surface area contributed by atoms with Gasteiger partial charge in [0, 0.05) is 18.8 Å². The summed E-state index contributed by atoms with van der Waals surface area (Å²) in [6, 6.07) is 1.64. The first-order valence-corrected chi connectivity index (χ1v) is 7.01. The molecule has 2 aromatic heterocycles. The van der Waals surface area contributed by atoms with E-state index < -0.39 is 5.97 Å². The summed E-state index contributed by atoms with van der Waals surface area (Å²) in [5.74, 6) is -1.24. The van der Waals surface area contributed by atoms with Gasteiger partial charge in [0.05, 0.1) is 12.2 Å². The predicted octanol–water partition coefficient (Wildman–Crippen LogP) is 0.485. The van der Waals surface area contributed by atoms with Crippen molar-refractivity contribution in [3.05, 3.63) is 29.3 Å². The molecule has 0 bridgehead atoms. The first-order valence-electron chi connectivity index (χ1n) is 7.01. The zero-order valence-electron chi connectivity index (χ0n) is 12.1. The number of likely N-dealkylation sites (tertiary alicyclic amines) is 1. The van der Waals surface area contributed by atoms with Crippen molar-refractivity contribution >= 4 is 11.9 Å². The van der Waals surface area contributed by atoms with Crippen LogP contribution in [0.5, 0.6) is 0 Å². The number of aromatic carboxylic acids is 1. The van der Waals surface area contributed by atoms with Crippen LogP contribution in [-0.2, 0) is 0 Å². The smallest absolute Gasteiger partial charge is 0.358 e. The van der Waals surface area contributed by atoms with Crippen LogP contribution in [0.25, 0.3) is 0 Å². The van der Waals surface area contributed by atoms with Gasteiger partial charge in [0.2, 0.25) is 0 Å². The van der Waals surface area contributed by atoms with Crippen LogP contribution in [0.4, 0.5) is 0 Å². The van der Waals surface area contributed by atoms with Crippen LogP contribution in [0.15, 0.2) is 12.3 Å². The van der Waals surface area contributed by atoms with E-state index in [0.29, 0.717) is 18.8 Å². The molecule has 2 N–H and O–H groups in total. The second-order valence-corrected chi connectivity index (χ2v) is 5.37. The van der Waals surface area contributed by atoms with Gasteiger partial charge in [0.25, 0.3) is 5.91 Å². The molecule has 0 aliphatic carbocycles. The number of rotatable bonds is 3. The lowest BCUT2D eigenvalue weighted by atomic mass is 10.1. The predicted molar refractivity (Wildman–Crippen MR) is 74.5 cm³/mol. The van der Waals surface area contributed by atoms with Crippen LogP contribution >= 0.6 is 0 Å². The third-order valence-electron chi connectivity index (χ3n) is 3.71. The number of carbonyl (C=O) groups is 2. The number of carboxylic acids is 1. The number of H-pyrrole nitrogens is 1. The van der Waals surface area contributed by atoms with Crippen molar-refractivity contribution in [2.24, 2.45) is 0 Å². The number of carboxylic acid groups (broad SMARTS) is 1. The molecule has 0 aromatic carbocycles. The SMILES string of the molecule is Cc1cc(C(=O)N2CCCC(n3cc(C(=O)O)nn3)C2)n[nH]1. The van der Waals surface area contributed by atoms with E-state index >= 15 is 0 Å². The Hall–Kier alpha value is -2.71. The molecule has 0 spiro atoms. The average Bonchev–Trinajstić information content (AvgIpc) is 3.15. The van der Waals surface area contributed by atoms with Crippen LogP contribution in [0, 0.1) is 6.92 Å². The fourth-order valence-electron chi connectivity index (χ4n) is 2.60. The standard InChI is InChI=1S/C13H16N6O3/c1-8-5-10(15-14-8)12(20)18-4-2-3-9(6-18)19-7-11(13(21)22)16-17-19/h5,7,9H,2-4,6H2,1H3,(H,14,15)(H,21,22). The van der Waals surface area contributed by atoms with Gasteiger partial charge in [-0.05, 0) is 25.8 Å². The van der Waals surface area contributed by atoms with Gasteiger partial charge in [-0.3, -0.25) is 9.89 Å². The van der Waals surface area contributed by atoms with Crippen molar-refractivity contribution in [1.82, 2.24) is 30.1 Å². The van der Waals surface area contributed by atoms with Crippen molar-refractivity contribution in [2.75, 3.05) is 13.1 Å². The Morgan fingerprint density at radius 3 is 2.86 bits per heavy atom. The minimum atomic E-state index is -1.11. The zero-order valence-corrected chi connectivity index (χ0v) is 12.1. The van der Waals surface area contributed by atoms with Crippen LogP contribution in [0.1, 0.15) is 45.6 Å². The minimum Gasteiger partial charge on any atom is -0.476 e. The summed E-state index contributed by atoms with van der Waals surface area (Å²) in [5, 5.41) is 23.1. The molecule has 1 fully saturated rings. The molecule has 1 saturated heterocycles. The molecule has 1 amide bonds. The molecule has 9 heteroatoms. The first kappa shape index (κ1) is 14.2. The molecule has 3 heterocycles. The van der Waals surface area contributed by atoms with Gasteiger partial charge >= 0.3 is 5.97 Å². The van der Waals surface area contributed by atoms with Gasteiger partial charge < -0.3 is 10.0 Å². The molecule has 0 saturated carbocycles. The highest BCUT2D eigenvalue weighted by Gasteiger charge is 2.27. The zero-order chi connectivity index (χ0) is 15.7. The Morgan fingerprint density at radius 2 is 2.23 bits per heavy atom. The summed E-state index contributed by atoms with van der Waals surface area (Å²) < 4.78 is 1.53. The summed E-state index contributed by atoms with van der Waals surface area (Å²) in [4.78, 5) is 25.0. The third kappa shape index (κ3) is 2.69. The average molecular weight is 304 g/mol. The number of carbonyl (C=O) groups excluding carboxylic acids is 1. The van der Waals surface area contributed by atoms with Gasteiger partial charge in [-0.2, -0.15) is 5.10 Å². The van der Waals surface area contributed by atoms with Gasteiger partial charge in [-0.25, -0.2) is 9.48 Å². The van der Waals surface area contributed by atoms with Crippen LogP contribution in [0.3, 0.4) is 0 Å². The fraction of sp³-hybridized carbons (Fsp3) is 0.462. The number of nitrogens with zero attached hydrogens (tertiary/aromatic N) is 5. The number of hydrogen-bond acceptors (Lipinski definition) is 5. The number of piperidine rings is 1. The highest BCUT2D eigenvalue weighted by Crippen LogP contribution is 2.22. The van der Waals surface area contributed by atoms with Gasteiger partial charge in [0.1, 0.15) is 5.69 Å². The van der Waals surface area contributed by atoms with Crippen LogP contribution in [0.2, 0.25) is 0 Å². The van der Waals surface area contributed by atoms with E-state index in [-0.39, 0.29) is 17.6 Å². The second kappa shape index (κ2) is 5.58. The lowest BCUT2D eigenvalue weighted by Gasteiger charge is -2.32. The highest BCUT2D eigenvalue weighted by atomic mass is 16.4. The number of aromatic amines is 1. The number of aryl methyl sites for hydroxylation is 1. The van der Waals surface area contributed by atoms with Gasteiger partial charge in [0.15, 0.2) is 5.69 Å².